The topological polar surface area (TPSA) is 54.6 Å². The van der Waals surface area contributed by atoms with Gasteiger partial charge < -0.3 is 19.6 Å². The lowest BCUT2D eigenvalue weighted by atomic mass is 9.51. The van der Waals surface area contributed by atoms with E-state index in [0.717, 1.165) is 6.42 Å². The molecule has 1 heterocycles. The van der Waals surface area contributed by atoms with E-state index in [1.54, 1.807) is 6.26 Å². The van der Waals surface area contributed by atoms with Crippen LogP contribution in [-0.2, 0) is 4.74 Å². The quantitative estimate of drug-likeness (QED) is 0.876. The molecule has 0 amide bonds. The summed E-state index contributed by atoms with van der Waals surface area (Å²) in [6.07, 6.45) is 6.21. The summed E-state index contributed by atoms with van der Waals surface area (Å²) in [6, 6.07) is 4.09. The number of hydrogen-bond donors (Lipinski definition) is 2. The highest BCUT2D eigenvalue weighted by atomic mass is 16.5. The van der Waals surface area contributed by atoms with Crippen LogP contribution in [0.1, 0.15) is 58.3 Å². The standard InChI is InChI=1S/C17H27NO3/c1-16(2,3)21-15-10-14(17(15)7-5-8-17)18-11-12(19)13-6-4-9-20-13/h4,6,9,12,14-15,18-19H,5,7-8,10-11H2,1-3H3. The predicted octanol–water partition coefficient (Wildman–Crippen LogP) is 3.03. The molecule has 3 atom stereocenters. The first kappa shape index (κ1) is 15.1. The van der Waals surface area contributed by atoms with Gasteiger partial charge in [-0.3, -0.25) is 0 Å². The highest BCUT2D eigenvalue weighted by molar-refractivity contribution is 5.13. The van der Waals surface area contributed by atoms with E-state index in [0.29, 0.717) is 29.9 Å². The second-order valence-electron chi connectivity index (χ2n) is 7.53. The van der Waals surface area contributed by atoms with Crippen LogP contribution < -0.4 is 5.32 Å². The van der Waals surface area contributed by atoms with Gasteiger partial charge in [0.2, 0.25) is 0 Å². The molecule has 2 fully saturated rings. The van der Waals surface area contributed by atoms with Gasteiger partial charge >= 0.3 is 0 Å². The summed E-state index contributed by atoms with van der Waals surface area (Å²) in [7, 11) is 0. The molecule has 0 radical (unpaired) electrons. The SMILES string of the molecule is CC(C)(C)OC1CC(NCC(O)c2ccco2)C12CCC2. The summed E-state index contributed by atoms with van der Waals surface area (Å²) in [5, 5.41) is 13.6. The van der Waals surface area contributed by atoms with Crippen LogP contribution in [0.2, 0.25) is 0 Å². The highest BCUT2D eigenvalue weighted by Crippen LogP contribution is 2.58. The molecule has 3 rings (SSSR count). The molecule has 1 aromatic rings. The van der Waals surface area contributed by atoms with Crippen LogP contribution in [0.5, 0.6) is 0 Å². The molecule has 2 aliphatic carbocycles. The van der Waals surface area contributed by atoms with E-state index in [1.807, 2.05) is 12.1 Å². The molecule has 1 spiro atoms. The summed E-state index contributed by atoms with van der Waals surface area (Å²) in [4.78, 5) is 0. The van der Waals surface area contributed by atoms with Crippen molar-refractivity contribution in [2.75, 3.05) is 6.54 Å². The Labute approximate surface area is 126 Å². The number of aliphatic hydroxyl groups excluding tert-OH is 1. The van der Waals surface area contributed by atoms with Crippen molar-refractivity contribution in [1.82, 2.24) is 5.32 Å². The Bertz CT molecular complexity index is 459. The van der Waals surface area contributed by atoms with Crippen LogP contribution in [0.3, 0.4) is 0 Å². The first-order valence-corrected chi connectivity index (χ1v) is 8.03. The largest absolute Gasteiger partial charge is 0.467 e. The van der Waals surface area contributed by atoms with Crippen molar-refractivity contribution in [3.05, 3.63) is 24.2 Å². The minimum Gasteiger partial charge on any atom is -0.467 e. The maximum Gasteiger partial charge on any atom is 0.133 e. The van der Waals surface area contributed by atoms with Gasteiger partial charge in [-0.05, 0) is 52.2 Å². The van der Waals surface area contributed by atoms with Gasteiger partial charge in [-0.15, -0.1) is 0 Å². The van der Waals surface area contributed by atoms with Gasteiger partial charge in [0.15, 0.2) is 0 Å². The second-order valence-corrected chi connectivity index (χ2v) is 7.53. The van der Waals surface area contributed by atoms with Crippen LogP contribution in [-0.4, -0.2) is 29.4 Å². The van der Waals surface area contributed by atoms with Crippen molar-refractivity contribution in [2.45, 2.75) is 70.3 Å². The lowest BCUT2D eigenvalue weighted by molar-refractivity contribution is -0.215. The summed E-state index contributed by atoms with van der Waals surface area (Å²) in [5.74, 6) is 0.631. The van der Waals surface area contributed by atoms with Crippen molar-refractivity contribution in [2.24, 2.45) is 5.41 Å². The molecule has 4 heteroatoms. The van der Waals surface area contributed by atoms with Gasteiger partial charge in [-0.25, -0.2) is 0 Å². The van der Waals surface area contributed by atoms with Crippen molar-refractivity contribution >= 4 is 0 Å². The number of nitrogens with one attached hydrogen (secondary N) is 1. The van der Waals surface area contributed by atoms with E-state index >= 15 is 0 Å². The zero-order valence-corrected chi connectivity index (χ0v) is 13.3. The smallest absolute Gasteiger partial charge is 0.133 e. The third-order valence-corrected chi connectivity index (χ3v) is 4.99. The van der Waals surface area contributed by atoms with Gasteiger partial charge in [0.1, 0.15) is 11.9 Å². The fraction of sp³-hybridized carbons (Fsp3) is 0.765. The van der Waals surface area contributed by atoms with Crippen LogP contribution >= 0.6 is 0 Å². The summed E-state index contributed by atoms with van der Waals surface area (Å²) >= 11 is 0. The van der Waals surface area contributed by atoms with Gasteiger partial charge in [0.05, 0.1) is 18.0 Å². The zero-order valence-electron chi connectivity index (χ0n) is 13.3. The molecule has 118 valence electrons. The third kappa shape index (κ3) is 2.89. The van der Waals surface area contributed by atoms with Crippen molar-refractivity contribution in [1.29, 1.82) is 0 Å². The number of furan rings is 1. The van der Waals surface area contributed by atoms with E-state index in [2.05, 4.69) is 26.1 Å². The molecular formula is C17H27NO3. The molecule has 2 saturated carbocycles. The minimum absolute atomic E-state index is 0.0775. The summed E-state index contributed by atoms with van der Waals surface area (Å²) in [6.45, 7) is 6.92. The molecule has 0 saturated heterocycles. The molecule has 21 heavy (non-hydrogen) atoms. The Balaban J connectivity index is 1.53. The first-order valence-electron chi connectivity index (χ1n) is 8.03. The fourth-order valence-electron chi connectivity index (χ4n) is 3.72. The molecule has 0 aromatic carbocycles. The fourth-order valence-corrected chi connectivity index (χ4v) is 3.72. The predicted molar refractivity (Wildman–Crippen MR) is 81.0 cm³/mol. The molecular weight excluding hydrogens is 266 g/mol. The van der Waals surface area contributed by atoms with Crippen LogP contribution in [0.25, 0.3) is 0 Å². The van der Waals surface area contributed by atoms with Crippen molar-refractivity contribution in [3.63, 3.8) is 0 Å². The van der Waals surface area contributed by atoms with Gasteiger partial charge in [-0.2, -0.15) is 0 Å². The Morgan fingerprint density at radius 2 is 2.24 bits per heavy atom. The van der Waals surface area contributed by atoms with Crippen LogP contribution in [0.4, 0.5) is 0 Å². The number of hydrogen-bond acceptors (Lipinski definition) is 4. The number of ether oxygens (including phenoxy) is 1. The monoisotopic (exact) mass is 293 g/mol. The highest BCUT2D eigenvalue weighted by Gasteiger charge is 2.59. The van der Waals surface area contributed by atoms with E-state index in [-0.39, 0.29) is 5.60 Å². The molecule has 4 nitrogen and oxygen atoms in total. The molecule has 2 N–H and O–H groups in total. The molecule has 3 unspecified atom stereocenters. The Kier molecular flexibility index (Phi) is 3.89. The van der Waals surface area contributed by atoms with Gasteiger partial charge in [-0.1, -0.05) is 6.42 Å². The minimum atomic E-state index is -0.570. The maximum absolute atomic E-state index is 10.1. The first-order chi connectivity index (χ1) is 9.91. The van der Waals surface area contributed by atoms with Gasteiger partial charge in [0.25, 0.3) is 0 Å². The average Bonchev–Trinajstić information content (AvgIpc) is 2.82. The molecule has 1 aromatic heterocycles. The number of aliphatic hydroxyl groups is 1. The Morgan fingerprint density at radius 1 is 1.48 bits per heavy atom. The number of rotatable bonds is 5. The lowest BCUT2D eigenvalue weighted by Gasteiger charge is -2.62. The third-order valence-electron chi connectivity index (χ3n) is 4.99. The van der Waals surface area contributed by atoms with E-state index in [4.69, 9.17) is 9.15 Å². The summed E-state index contributed by atoms with van der Waals surface area (Å²) < 4.78 is 11.5. The molecule has 0 bridgehead atoms. The summed E-state index contributed by atoms with van der Waals surface area (Å²) in [5.41, 5.74) is 0.224. The Morgan fingerprint density at radius 3 is 2.76 bits per heavy atom. The van der Waals surface area contributed by atoms with Crippen molar-refractivity contribution in [3.8, 4) is 0 Å². The molecule has 0 aliphatic heterocycles. The molecule has 2 aliphatic rings. The Hall–Kier alpha value is -0.840. The average molecular weight is 293 g/mol. The van der Waals surface area contributed by atoms with E-state index < -0.39 is 6.10 Å². The van der Waals surface area contributed by atoms with Crippen LogP contribution in [0, 0.1) is 5.41 Å². The normalized spacial score (nSPS) is 29.0. The zero-order chi connectivity index (χ0) is 15.1. The van der Waals surface area contributed by atoms with Crippen LogP contribution in [0.15, 0.2) is 22.8 Å². The van der Waals surface area contributed by atoms with E-state index in [1.165, 1.54) is 19.3 Å². The second kappa shape index (κ2) is 5.41. The lowest BCUT2D eigenvalue weighted by Crippen LogP contribution is -2.68. The van der Waals surface area contributed by atoms with Gasteiger partial charge in [0, 0.05) is 18.0 Å². The van der Waals surface area contributed by atoms with Crippen molar-refractivity contribution < 1.29 is 14.3 Å². The van der Waals surface area contributed by atoms with E-state index in [9.17, 15) is 5.11 Å². The maximum atomic E-state index is 10.1.